The van der Waals surface area contributed by atoms with Gasteiger partial charge in [-0.1, -0.05) is 6.07 Å². The van der Waals surface area contributed by atoms with Gasteiger partial charge in [-0.25, -0.2) is 0 Å². The molecule has 0 N–H and O–H groups in total. The summed E-state index contributed by atoms with van der Waals surface area (Å²) in [6.07, 6.45) is -4.31. The Morgan fingerprint density at radius 2 is 1.94 bits per heavy atom. The fourth-order valence-corrected chi connectivity index (χ4v) is 3.11. The fraction of sp³-hybridized carbons (Fsp3) is 0.125. The molecule has 1 aliphatic heterocycles. The lowest BCUT2D eigenvalue weighted by molar-refractivity contribution is -0.138. The number of alkyl halides is 3. The molecular formula is C8H3F3IN2S2. The van der Waals surface area contributed by atoms with Crippen molar-refractivity contribution in [2.45, 2.75) is 6.18 Å². The average molecular weight is 375 g/mol. The van der Waals surface area contributed by atoms with Crippen molar-refractivity contribution in [2.24, 2.45) is 4.40 Å². The number of nitrogens with zero attached hydrogens (tertiary/aromatic N) is 2. The number of benzene rings is 1. The minimum atomic E-state index is -4.31. The van der Waals surface area contributed by atoms with Gasteiger partial charge in [0.1, 0.15) is 0 Å². The number of hydrogen-bond donors (Lipinski definition) is 0. The molecule has 1 aromatic rings. The van der Waals surface area contributed by atoms with Gasteiger partial charge in [0.25, 0.3) is 0 Å². The fourth-order valence-electron chi connectivity index (χ4n) is 1.11. The van der Waals surface area contributed by atoms with Crippen LogP contribution < -0.4 is 4.72 Å². The maximum Gasteiger partial charge on any atom is 0.417 e. The van der Waals surface area contributed by atoms with Gasteiger partial charge in [0, 0.05) is 9.13 Å². The van der Waals surface area contributed by atoms with Gasteiger partial charge in [-0.15, -0.1) is 0 Å². The van der Waals surface area contributed by atoms with Crippen molar-refractivity contribution in [1.82, 2.24) is 4.72 Å². The minimum Gasteiger partial charge on any atom is -0.182 e. The molecule has 0 bridgehead atoms. The van der Waals surface area contributed by atoms with E-state index < -0.39 is 11.7 Å². The van der Waals surface area contributed by atoms with Crippen molar-refractivity contribution in [3.63, 3.8) is 0 Å². The van der Waals surface area contributed by atoms with Crippen LogP contribution >= 0.6 is 44.6 Å². The number of rotatable bonds is 1. The van der Waals surface area contributed by atoms with Crippen molar-refractivity contribution in [1.29, 1.82) is 0 Å². The lowest BCUT2D eigenvalue weighted by Crippen LogP contribution is -2.11. The van der Waals surface area contributed by atoms with E-state index in [-0.39, 0.29) is 3.57 Å². The Bertz CT molecular complexity index is 447. The normalized spacial score (nSPS) is 15.9. The van der Waals surface area contributed by atoms with Crippen LogP contribution in [0.15, 0.2) is 22.6 Å². The van der Waals surface area contributed by atoms with Crippen molar-refractivity contribution in [3.8, 4) is 0 Å². The average Bonchev–Trinajstić information content (AvgIpc) is 2.68. The smallest absolute Gasteiger partial charge is 0.182 e. The van der Waals surface area contributed by atoms with E-state index in [2.05, 4.69) is 9.12 Å². The lowest BCUT2D eigenvalue weighted by Gasteiger charge is -2.09. The summed E-state index contributed by atoms with van der Waals surface area (Å²) in [4.78, 5) is 0. The molecule has 1 heterocycles. The lowest BCUT2D eigenvalue weighted by atomic mass is 10.1. The van der Waals surface area contributed by atoms with Gasteiger partial charge in [0.15, 0.2) is 5.84 Å². The first-order chi connectivity index (χ1) is 7.48. The van der Waals surface area contributed by atoms with Gasteiger partial charge in [-0.3, -0.25) is 0 Å². The highest BCUT2D eigenvalue weighted by atomic mass is 127. The van der Waals surface area contributed by atoms with Gasteiger partial charge in [-0.05, 0) is 34.7 Å². The zero-order chi connectivity index (χ0) is 11.8. The quantitative estimate of drug-likeness (QED) is 0.423. The summed E-state index contributed by atoms with van der Waals surface area (Å²) in [6.45, 7) is 0. The molecule has 0 aromatic heterocycles. The van der Waals surface area contributed by atoms with Crippen molar-refractivity contribution >= 4 is 50.4 Å². The Morgan fingerprint density at radius 1 is 1.19 bits per heavy atom. The molecule has 0 amide bonds. The van der Waals surface area contributed by atoms with Crippen molar-refractivity contribution in [3.05, 3.63) is 32.9 Å². The second-order valence-electron chi connectivity index (χ2n) is 2.85. The predicted molar refractivity (Wildman–Crippen MR) is 68.0 cm³/mol. The topological polar surface area (TPSA) is 26.5 Å². The summed E-state index contributed by atoms with van der Waals surface area (Å²) >= 11 is 1.67. The summed E-state index contributed by atoms with van der Waals surface area (Å²) < 4.78 is 45.6. The van der Waals surface area contributed by atoms with Gasteiger partial charge in [0.2, 0.25) is 0 Å². The molecule has 16 heavy (non-hydrogen) atoms. The first-order valence-corrected chi connectivity index (χ1v) is 7.12. The third-order valence-corrected chi connectivity index (χ3v) is 3.91. The number of halogens is 4. The standard InChI is InChI=1S/C8H3F3IN2S2/c9-8(10,11)5-2-1-4(3-6(5)12)7-13-15-16-14-7/h1-3H. The first-order valence-electron chi connectivity index (χ1n) is 3.97. The van der Waals surface area contributed by atoms with Crippen LogP contribution in [0, 0.1) is 3.57 Å². The summed E-state index contributed by atoms with van der Waals surface area (Å²) in [7, 11) is 2.41. The van der Waals surface area contributed by atoms with Crippen LogP contribution in [-0.4, -0.2) is 5.84 Å². The second-order valence-corrected chi connectivity index (χ2v) is 5.57. The number of hydrogen-bond acceptors (Lipinski definition) is 3. The molecule has 0 saturated carbocycles. The van der Waals surface area contributed by atoms with E-state index >= 15 is 0 Å². The highest BCUT2D eigenvalue weighted by molar-refractivity contribution is 14.1. The molecule has 2 rings (SSSR count). The molecule has 0 saturated heterocycles. The molecule has 85 valence electrons. The van der Waals surface area contributed by atoms with Gasteiger partial charge >= 0.3 is 6.18 Å². The van der Waals surface area contributed by atoms with Crippen LogP contribution in [0.25, 0.3) is 0 Å². The summed E-state index contributed by atoms with van der Waals surface area (Å²) in [5.41, 5.74) is -0.0225. The highest BCUT2D eigenvalue weighted by Gasteiger charge is 2.33. The zero-order valence-corrected chi connectivity index (χ0v) is 11.2. The monoisotopic (exact) mass is 375 g/mol. The summed E-state index contributed by atoms with van der Waals surface area (Å²) in [6, 6.07) is 3.89. The Balaban J connectivity index is 2.36. The van der Waals surface area contributed by atoms with E-state index in [4.69, 9.17) is 0 Å². The van der Waals surface area contributed by atoms with Crippen LogP contribution in [0.5, 0.6) is 0 Å². The van der Waals surface area contributed by atoms with E-state index in [0.29, 0.717) is 11.4 Å². The molecule has 1 radical (unpaired) electrons. The third-order valence-electron chi connectivity index (χ3n) is 1.81. The van der Waals surface area contributed by atoms with E-state index in [1.807, 2.05) is 0 Å². The van der Waals surface area contributed by atoms with Gasteiger partial charge in [-0.2, -0.15) is 22.3 Å². The maximum absolute atomic E-state index is 12.5. The van der Waals surface area contributed by atoms with E-state index in [1.165, 1.54) is 34.1 Å². The third kappa shape index (κ3) is 2.59. The van der Waals surface area contributed by atoms with E-state index in [1.54, 1.807) is 22.6 Å². The number of amidine groups is 1. The van der Waals surface area contributed by atoms with Gasteiger partial charge < -0.3 is 0 Å². The van der Waals surface area contributed by atoms with Crippen molar-refractivity contribution in [2.75, 3.05) is 0 Å². The molecule has 0 aliphatic carbocycles. The summed E-state index contributed by atoms with van der Waals surface area (Å²) in [5.74, 6) is 0.474. The largest absolute Gasteiger partial charge is 0.417 e. The predicted octanol–water partition coefficient (Wildman–Crippen LogP) is 3.89. The molecule has 2 nitrogen and oxygen atoms in total. The maximum atomic E-state index is 12.5. The SMILES string of the molecule is FC(F)(F)c1ccc(C2=NSS[N]2)cc1I. The Hall–Kier alpha value is -0.0900. The molecule has 1 aliphatic rings. The van der Waals surface area contributed by atoms with Crippen LogP contribution in [0.1, 0.15) is 11.1 Å². The minimum absolute atomic E-state index is 0.155. The van der Waals surface area contributed by atoms with Crippen LogP contribution in [0.3, 0.4) is 0 Å². The Morgan fingerprint density at radius 3 is 2.44 bits per heavy atom. The Labute approximate surface area is 111 Å². The molecule has 1 aromatic carbocycles. The molecule has 8 heteroatoms. The van der Waals surface area contributed by atoms with Crippen LogP contribution in [0.2, 0.25) is 0 Å². The molecule has 0 atom stereocenters. The molecule has 0 unspecified atom stereocenters. The highest BCUT2D eigenvalue weighted by Crippen LogP contribution is 2.34. The second kappa shape index (κ2) is 4.65. The van der Waals surface area contributed by atoms with Gasteiger partial charge in [0.05, 0.1) is 27.5 Å². The van der Waals surface area contributed by atoms with E-state index in [0.717, 1.165) is 6.07 Å². The Kier molecular flexibility index (Phi) is 3.59. The summed E-state index contributed by atoms with van der Waals surface area (Å²) in [5, 5.41) is 0. The zero-order valence-electron chi connectivity index (χ0n) is 7.45. The van der Waals surface area contributed by atoms with E-state index in [9.17, 15) is 13.2 Å². The molecule has 0 spiro atoms. The van der Waals surface area contributed by atoms with Crippen LogP contribution in [0.4, 0.5) is 13.2 Å². The molecular weight excluding hydrogens is 372 g/mol. The molecule has 0 fully saturated rings. The van der Waals surface area contributed by atoms with Crippen molar-refractivity contribution < 1.29 is 13.2 Å². The first kappa shape index (κ1) is 12.4. The van der Waals surface area contributed by atoms with Crippen LogP contribution in [-0.2, 0) is 6.18 Å².